The predicted octanol–water partition coefficient (Wildman–Crippen LogP) is 1.85. The number of aliphatic hydroxyl groups is 1. The lowest BCUT2D eigenvalue weighted by Crippen LogP contribution is -2.48. The van der Waals surface area contributed by atoms with Gasteiger partial charge in [0.25, 0.3) is 0 Å². The normalized spacial score (nSPS) is 24.9. The number of allylic oxidation sites excluding steroid dienone is 1. The van der Waals surface area contributed by atoms with Crippen molar-refractivity contribution >= 4 is 28.8 Å². The number of aromatic nitrogens is 3. The van der Waals surface area contributed by atoms with E-state index >= 15 is 0 Å². The lowest BCUT2D eigenvalue weighted by Gasteiger charge is -2.34. The summed E-state index contributed by atoms with van der Waals surface area (Å²) < 4.78 is 1.63. The number of aliphatic hydroxyl groups excluding tert-OH is 1. The number of rotatable bonds is 12. The molecule has 1 fully saturated rings. The van der Waals surface area contributed by atoms with Gasteiger partial charge in [0.05, 0.1) is 17.4 Å². The molecule has 0 spiro atoms. The highest BCUT2D eigenvalue weighted by atomic mass is 16.3. The van der Waals surface area contributed by atoms with Crippen LogP contribution in [-0.2, 0) is 21.1 Å². The first-order valence-electron chi connectivity index (χ1n) is 13.4. The third kappa shape index (κ3) is 5.53. The molecule has 3 N–H and O–H groups in total. The fourth-order valence-corrected chi connectivity index (χ4v) is 5.91. The Kier molecular flexibility index (Phi) is 8.91. The minimum absolute atomic E-state index is 0.0371. The molecule has 2 aromatic rings. The number of nitrogens with zero attached hydrogens (tertiary/aromatic N) is 4. The minimum atomic E-state index is -0.698. The van der Waals surface area contributed by atoms with Crippen LogP contribution in [0.15, 0.2) is 36.4 Å². The third-order valence-electron chi connectivity index (χ3n) is 7.68. The molecule has 200 valence electrons. The van der Waals surface area contributed by atoms with Crippen molar-refractivity contribution in [3.63, 3.8) is 0 Å². The van der Waals surface area contributed by atoms with Crippen molar-refractivity contribution in [2.24, 2.45) is 23.7 Å². The molecule has 0 bridgehead atoms. The van der Waals surface area contributed by atoms with Gasteiger partial charge in [-0.05, 0) is 37.3 Å². The molecule has 4 rings (SSSR count). The summed E-state index contributed by atoms with van der Waals surface area (Å²) >= 11 is 0. The summed E-state index contributed by atoms with van der Waals surface area (Å²) in [5, 5.41) is 23.1. The zero-order valence-corrected chi connectivity index (χ0v) is 21.7. The van der Waals surface area contributed by atoms with Gasteiger partial charge in [0.15, 0.2) is 0 Å². The fourth-order valence-electron chi connectivity index (χ4n) is 5.91. The maximum absolute atomic E-state index is 13.8. The Labute approximate surface area is 217 Å². The first-order chi connectivity index (χ1) is 18.0. The molecule has 2 heterocycles. The van der Waals surface area contributed by atoms with E-state index in [1.54, 1.807) is 16.6 Å². The number of hydrogen-bond donors (Lipinski definition) is 3. The van der Waals surface area contributed by atoms with Crippen LogP contribution in [0.5, 0.6) is 0 Å². The van der Waals surface area contributed by atoms with E-state index in [4.69, 9.17) is 5.11 Å². The molecular weight excluding hydrogens is 472 g/mol. The van der Waals surface area contributed by atoms with Gasteiger partial charge in [0.1, 0.15) is 18.2 Å². The maximum Gasteiger partial charge on any atom is 0.244 e. The second kappa shape index (κ2) is 12.3. The summed E-state index contributed by atoms with van der Waals surface area (Å²) in [6.07, 6.45) is 8.90. The van der Waals surface area contributed by atoms with Crippen molar-refractivity contribution in [1.82, 2.24) is 30.5 Å². The minimum Gasteiger partial charge on any atom is -0.396 e. The number of fused-ring (bicyclic) bond motifs is 2. The molecule has 5 atom stereocenters. The quantitative estimate of drug-likeness (QED) is 0.295. The maximum atomic E-state index is 13.8. The van der Waals surface area contributed by atoms with Crippen molar-refractivity contribution in [3.05, 3.63) is 36.4 Å². The van der Waals surface area contributed by atoms with Crippen LogP contribution in [0, 0.1) is 23.7 Å². The topological polar surface area (TPSA) is 129 Å². The van der Waals surface area contributed by atoms with Crippen LogP contribution in [0.3, 0.4) is 0 Å². The third-order valence-corrected chi connectivity index (χ3v) is 7.68. The van der Waals surface area contributed by atoms with Gasteiger partial charge in [-0.25, -0.2) is 4.68 Å². The zero-order chi connectivity index (χ0) is 26.4. The highest BCUT2D eigenvalue weighted by molar-refractivity contribution is 5.96. The number of nitrogens with one attached hydrogen (secondary N) is 2. The molecule has 2 aliphatic rings. The molecule has 1 aliphatic carbocycles. The molecule has 3 amide bonds. The van der Waals surface area contributed by atoms with Crippen molar-refractivity contribution in [1.29, 1.82) is 0 Å². The average Bonchev–Trinajstić information content (AvgIpc) is 3.45. The number of hydrogen-bond acceptors (Lipinski definition) is 6. The van der Waals surface area contributed by atoms with E-state index in [-0.39, 0.29) is 42.8 Å². The molecule has 0 unspecified atom stereocenters. The zero-order valence-electron chi connectivity index (χ0n) is 21.7. The Hall–Kier alpha value is -3.27. The van der Waals surface area contributed by atoms with E-state index in [1.807, 2.05) is 36.4 Å². The first-order valence-corrected chi connectivity index (χ1v) is 13.4. The summed E-state index contributed by atoms with van der Waals surface area (Å²) in [6.45, 7) is 2.79. The number of carbonyl (C=O) groups is 3. The molecule has 1 saturated heterocycles. The van der Waals surface area contributed by atoms with Crippen LogP contribution < -0.4 is 10.6 Å². The number of carbonyl (C=O) groups excluding carboxylic acids is 3. The van der Waals surface area contributed by atoms with Gasteiger partial charge in [-0.2, -0.15) is 0 Å². The van der Waals surface area contributed by atoms with Crippen LogP contribution in [0.25, 0.3) is 11.0 Å². The molecule has 0 saturated carbocycles. The molecular formula is C27H38N6O4. The van der Waals surface area contributed by atoms with Crippen molar-refractivity contribution < 1.29 is 19.5 Å². The van der Waals surface area contributed by atoms with Crippen molar-refractivity contribution in [3.8, 4) is 0 Å². The lowest BCUT2D eigenvalue weighted by atomic mass is 9.68. The summed E-state index contributed by atoms with van der Waals surface area (Å²) in [6, 6.07) is 6.82. The second-order valence-electron chi connectivity index (χ2n) is 9.97. The van der Waals surface area contributed by atoms with Gasteiger partial charge in [-0.3, -0.25) is 14.4 Å². The molecule has 1 aromatic heterocycles. The summed E-state index contributed by atoms with van der Waals surface area (Å²) in [7, 11) is 1.60. The number of amides is 3. The van der Waals surface area contributed by atoms with Crippen LogP contribution in [0.1, 0.15) is 45.4 Å². The molecule has 10 heteroatoms. The number of unbranched alkanes of at least 4 members (excludes halogenated alkanes) is 3. The summed E-state index contributed by atoms with van der Waals surface area (Å²) in [5.74, 6) is -2.02. The van der Waals surface area contributed by atoms with Crippen molar-refractivity contribution in [2.45, 2.75) is 58.2 Å². The Balaban J connectivity index is 1.57. The van der Waals surface area contributed by atoms with E-state index < -0.39 is 17.9 Å². The number of likely N-dealkylation sites (tertiary alicyclic amines) is 1. The number of para-hydroxylation sites is 1. The van der Waals surface area contributed by atoms with E-state index in [0.29, 0.717) is 6.54 Å². The Morgan fingerprint density at radius 3 is 2.62 bits per heavy atom. The molecule has 1 aliphatic heterocycles. The fraction of sp³-hybridized carbons (Fsp3) is 0.593. The SMILES string of the molecule is CCC[C@@H]1C=C[C@H]2[C@H](C(=O)N(CCCCCCO)[C@@H]2C(=O)NCn2nnc3ccccc32)[C@@H]1C(=O)NC. The highest BCUT2D eigenvalue weighted by Crippen LogP contribution is 2.45. The van der Waals surface area contributed by atoms with E-state index in [9.17, 15) is 14.4 Å². The molecule has 10 nitrogen and oxygen atoms in total. The van der Waals surface area contributed by atoms with Gasteiger partial charge in [0, 0.05) is 26.1 Å². The standard InChI is InChI=1S/C27H38N6O4/c1-3-10-18-13-14-19-23(22(18)25(35)28-2)27(37)32(15-8-4-5-9-16-34)24(19)26(36)29-17-33-21-12-7-6-11-20(21)30-31-33/h6-7,11-14,18-19,22-24,34H,3-5,8-10,15-17H2,1-2H3,(H,28,35)(H,29,36)/t18-,19+,22-,23+,24+/m1/s1. The van der Waals surface area contributed by atoms with E-state index in [1.165, 1.54) is 0 Å². The van der Waals surface area contributed by atoms with E-state index in [0.717, 1.165) is 49.6 Å². The van der Waals surface area contributed by atoms with Gasteiger partial charge in [0.2, 0.25) is 17.7 Å². The largest absolute Gasteiger partial charge is 0.396 e. The number of benzene rings is 1. The molecule has 37 heavy (non-hydrogen) atoms. The average molecular weight is 511 g/mol. The van der Waals surface area contributed by atoms with Gasteiger partial charge in [-0.15, -0.1) is 5.10 Å². The van der Waals surface area contributed by atoms with E-state index in [2.05, 4.69) is 27.9 Å². The Morgan fingerprint density at radius 2 is 1.86 bits per heavy atom. The van der Waals surface area contributed by atoms with Crippen LogP contribution in [0.2, 0.25) is 0 Å². The first kappa shape index (κ1) is 26.8. The predicted molar refractivity (Wildman–Crippen MR) is 139 cm³/mol. The highest BCUT2D eigenvalue weighted by Gasteiger charge is 2.56. The van der Waals surface area contributed by atoms with Gasteiger partial charge < -0.3 is 20.6 Å². The second-order valence-corrected chi connectivity index (χ2v) is 9.97. The monoisotopic (exact) mass is 510 g/mol. The van der Waals surface area contributed by atoms with Gasteiger partial charge in [-0.1, -0.05) is 55.7 Å². The molecule has 1 aromatic carbocycles. The Morgan fingerprint density at radius 1 is 1.08 bits per heavy atom. The van der Waals surface area contributed by atoms with Crippen molar-refractivity contribution in [2.75, 3.05) is 20.2 Å². The van der Waals surface area contributed by atoms with Gasteiger partial charge >= 0.3 is 0 Å². The van der Waals surface area contributed by atoms with Crippen LogP contribution >= 0.6 is 0 Å². The Bertz CT molecular complexity index is 1130. The summed E-state index contributed by atoms with van der Waals surface area (Å²) in [5.41, 5.74) is 1.55. The summed E-state index contributed by atoms with van der Waals surface area (Å²) in [4.78, 5) is 42.2. The smallest absolute Gasteiger partial charge is 0.244 e. The molecule has 0 radical (unpaired) electrons. The van der Waals surface area contributed by atoms with Crippen LogP contribution in [0.4, 0.5) is 0 Å². The lowest BCUT2D eigenvalue weighted by molar-refractivity contribution is -0.141. The van der Waals surface area contributed by atoms with Crippen LogP contribution in [-0.4, -0.2) is 69.0 Å².